The maximum atomic E-state index is 12.4. The first-order chi connectivity index (χ1) is 14.2. The normalized spacial score (nSPS) is 15.8. The second-order valence-electron chi connectivity index (χ2n) is 6.77. The lowest BCUT2D eigenvalue weighted by atomic mass is 10.0. The van der Waals surface area contributed by atoms with Gasteiger partial charge in [0.15, 0.2) is 11.5 Å². The standard InChI is InChI=1S/C23H28N2O4/c1-27-21-10-9-19(16-22(21)28-2)20(25-12-14-29-15-13-25)17-24-23(26)11-8-18-6-4-3-5-7-18/h3-11,16,20H,12-15,17H2,1-2H3,(H,24,26). The van der Waals surface area contributed by atoms with Crippen LogP contribution in [0.2, 0.25) is 0 Å². The zero-order chi connectivity index (χ0) is 20.5. The molecule has 1 atom stereocenters. The Morgan fingerprint density at radius 3 is 2.52 bits per heavy atom. The predicted octanol–water partition coefficient (Wildman–Crippen LogP) is 2.91. The molecular formula is C23H28N2O4. The Hall–Kier alpha value is -2.83. The summed E-state index contributed by atoms with van der Waals surface area (Å²) in [4.78, 5) is 14.7. The van der Waals surface area contributed by atoms with Gasteiger partial charge in [-0.25, -0.2) is 0 Å². The molecule has 2 aromatic rings. The summed E-state index contributed by atoms with van der Waals surface area (Å²) in [7, 11) is 3.25. The third-order valence-electron chi connectivity index (χ3n) is 4.98. The van der Waals surface area contributed by atoms with Crippen molar-refractivity contribution in [3.8, 4) is 11.5 Å². The molecule has 1 unspecified atom stereocenters. The minimum Gasteiger partial charge on any atom is -0.493 e. The van der Waals surface area contributed by atoms with E-state index in [4.69, 9.17) is 14.2 Å². The van der Waals surface area contributed by atoms with Gasteiger partial charge in [0.1, 0.15) is 0 Å². The highest BCUT2D eigenvalue weighted by Crippen LogP contribution is 2.32. The summed E-state index contributed by atoms with van der Waals surface area (Å²) >= 11 is 0. The Bertz CT molecular complexity index is 817. The van der Waals surface area contributed by atoms with Gasteiger partial charge in [-0.15, -0.1) is 0 Å². The summed E-state index contributed by atoms with van der Waals surface area (Å²) in [6, 6.07) is 15.7. The van der Waals surface area contributed by atoms with E-state index in [2.05, 4.69) is 10.2 Å². The number of morpholine rings is 1. The van der Waals surface area contributed by atoms with E-state index in [0.29, 0.717) is 31.3 Å². The molecule has 1 aliphatic rings. The summed E-state index contributed by atoms with van der Waals surface area (Å²) in [6.45, 7) is 3.49. The van der Waals surface area contributed by atoms with E-state index in [9.17, 15) is 4.79 Å². The van der Waals surface area contributed by atoms with E-state index >= 15 is 0 Å². The zero-order valence-corrected chi connectivity index (χ0v) is 17.0. The van der Waals surface area contributed by atoms with Gasteiger partial charge < -0.3 is 19.5 Å². The fourth-order valence-electron chi connectivity index (χ4n) is 3.40. The molecule has 0 aliphatic carbocycles. The Morgan fingerprint density at radius 1 is 1.10 bits per heavy atom. The number of amides is 1. The molecule has 0 aromatic heterocycles. The predicted molar refractivity (Wildman–Crippen MR) is 113 cm³/mol. The number of nitrogens with zero attached hydrogens (tertiary/aromatic N) is 1. The van der Waals surface area contributed by atoms with Crippen LogP contribution < -0.4 is 14.8 Å². The highest BCUT2D eigenvalue weighted by molar-refractivity contribution is 5.91. The van der Waals surface area contributed by atoms with Crippen molar-refractivity contribution in [3.63, 3.8) is 0 Å². The van der Waals surface area contributed by atoms with Gasteiger partial charge in [-0.05, 0) is 29.3 Å². The van der Waals surface area contributed by atoms with Gasteiger partial charge in [-0.3, -0.25) is 9.69 Å². The minimum atomic E-state index is -0.118. The molecule has 0 spiro atoms. The second kappa shape index (κ2) is 10.6. The number of rotatable bonds is 8. The van der Waals surface area contributed by atoms with Crippen LogP contribution >= 0.6 is 0 Å². The summed E-state index contributed by atoms with van der Waals surface area (Å²) in [5.74, 6) is 1.25. The summed E-state index contributed by atoms with van der Waals surface area (Å²) < 4.78 is 16.3. The Kier molecular flexibility index (Phi) is 7.67. The molecule has 2 aromatic carbocycles. The zero-order valence-electron chi connectivity index (χ0n) is 17.0. The molecule has 6 nitrogen and oxygen atoms in total. The van der Waals surface area contributed by atoms with E-state index in [1.165, 1.54) is 0 Å². The van der Waals surface area contributed by atoms with Crippen LogP contribution in [-0.4, -0.2) is 57.9 Å². The van der Waals surface area contributed by atoms with Gasteiger partial charge in [0.05, 0.1) is 33.5 Å². The molecule has 3 rings (SSSR count). The monoisotopic (exact) mass is 396 g/mol. The largest absolute Gasteiger partial charge is 0.493 e. The van der Waals surface area contributed by atoms with E-state index in [1.807, 2.05) is 54.6 Å². The molecule has 29 heavy (non-hydrogen) atoms. The summed E-state index contributed by atoms with van der Waals surface area (Å²) in [5.41, 5.74) is 2.06. The van der Waals surface area contributed by atoms with Gasteiger partial charge in [0, 0.05) is 25.7 Å². The second-order valence-corrected chi connectivity index (χ2v) is 6.77. The van der Waals surface area contributed by atoms with Crippen molar-refractivity contribution in [3.05, 3.63) is 65.7 Å². The number of hydrogen-bond acceptors (Lipinski definition) is 5. The molecule has 1 heterocycles. The van der Waals surface area contributed by atoms with Crippen LogP contribution in [0, 0.1) is 0 Å². The molecule has 1 aliphatic heterocycles. The molecule has 1 amide bonds. The van der Waals surface area contributed by atoms with Crippen molar-refractivity contribution >= 4 is 12.0 Å². The molecule has 154 valence electrons. The van der Waals surface area contributed by atoms with Gasteiger partial charge in [-0.1, -0.05) is 36.4 Å². The Balaban J connectivity index is 1.72. The molecule has 1 saturated heterocycles. The van der Waals surface area contributed by atoms with Crippen molar-refractivity contribution in [2.45, 2.75) is 6.04 Å². The third-order valence-corrected chi connectivity index (χ3v) is 4.98. The molecular weight excluding hydrogens is 368 g/mol. The molecule has 6 heteroatoms. The van der Waals surface area contributed by atoms with E-state index in [0.717, 1.165) is 24.2 Å². The van der Waals surface area contributed by atoms with E-state index in [-0.39, 0.29) is 11.9 Å². The molecule has 0 radical (unpaired) electrons. The maximum absolute atomic E-state index is 12.4. The summed E-state index contributed by atoms with van der Waals surface area (Å²) in [5, 5.41) is 3.03. The van der Waals surface area contributed by atoms with Crippen LogP contribution in [0.15, 0.2) is 54.6 Å². The lowest BCUT2D eigenvalue weighted by Crippen LogP contribution is -2.43. The Labute approximate surface area is 172 Å². The van der Waals surface area contributed by atoms with Crippen LogP contribution in [0.1, 0.15) is 17.2 Å². The van der Waals surface area contributed by atoms with E-state index < -0.39 is 0 Å². The number of ether oxygens (including phenoxy) is 3. The maximum Gasteiger partial charge on any atom is 0.244 e. The lowest BCUT2D eigenvalue weighted by Gasteiger charge is -2.35. The van der Waals surface area contributed by atoms with Crippen LogP contribution in [0.3, 0.4) is 0 Å². The van der Waals surface area contributed by atoms with Crippen LogP contribution in [-0.2, 0) is 9.53 Å². The highest BCUT2D eigenvalue weighted by atomic mass is 16.5. The number of hydrogen-bond donors (Lipinski definition) is 1. The molecule has 1 fully saturated rings. The van der Waals surface area contributed by atoms with Crippen molar-refractivity contribution in [2.24, 2.45) is 0 Å². The minimum absolute atomic E-state index is 0.0211. The average molecular weight is 396 g/mol. The topological polar surface area (TPSA) is 60.0 Å². The van der Waals surface area contributed by atoms with Crippen molar-refractivity contribution in [2.75, 3.05) is 47.1 Å². The molecule has 0 bridgehead atoms. The van der Waals surface area contributed by atoms with Gasteiger partial charge in [0.25, 0.3) is 0 Å². The van der Waals surface area contributed by atoms with Gasteiger partial charge >= 0.3 is 0 Å². The first-order valence-electron chi connectivity index (χ1n) is 9.76. The highest BCUT2D eigenvalue weighted by Gasteiger charge is 2.24. The number of methoxy groups -OCH3 is 2. The van der Waals surface area contributed by atoms with Crippen molar-refractivity contribution in [1.29, 1.82) is 0 Å². The number of benzene rings is 2. The van der Waals surface area contributed by atoms with E-state index in [1.54, 1.807) is 20.3 Å². The molecule has 0 saturated carbocycles. The van der Waals surface area contributed by atoms with Gasteiger partial charge in [-0.2, -0.15) is 0 Å². The van der Waals surface area contributed by atoms with Crippen LogP contribution in [0.5, 0.6) is 11.5 Å². The number of carbonyl (C=O) groups excluding carboxylic acids is 1. The number of carbonyl (C=O) groups is 1. The first kappa shape index (κ1) is 20.9. The van der Waals surface area contributed by atoms with Crippen LogP contribution in [0.4, 0.5) is 0 Å². The van der Waals surface area contributed by atoms with Crippen molar-refractivity contribution < 1.29 is 19.0 Å². The van der Waals surface area contributed by atoms with Crippen LogP contribution in [0.25, 0.3) is 6.08 Å². The Morgan fingerprint density at radius 2 is 1.83 bits per heavy atom. The SMILES string of the molecule is COc1ccc(C(CNC(=O)C=Cc2ccccc2)N2CCOCC2)cc1OC. The summed E-state index contributed by atoms with van der Waals surface area (Å²) in [6.07, 6.45) is 3.38. The average Bonchev–Trinajstić information content (AvgIpc) is 2.79. The first-order valence-corrected chi connectivity index (χ1v) is 9.76. The fourth-order valence-corrected chi connectivity index (χ4v) is 3.40. The fraction of sp³-hybridized carbons (Fsp3) is 0.348. The number of nitrogens with one attached hydrogen (secondary N) is 1. The molecule has 1 N–H and O–H groups in total. The quantitative estimate of drug-likeness (QED) is 0.696. The smallest absolute Gasteiger partial charge is 0.244 e. The van der Waals surface area contributed by atoms with Crippen molar-refractivity contribution in [1.82, 2.24) is 10.2 Å². The lowest BCUT2D eigenvalue weighted by molar-refractivity contribution is -0.116. The van der Waals surface area contributed by atoms with Gasteiger partial charge in [0.2, 0.25) is 5.91 Å². The third kappa shape index (κ3) is 5.82.